The fourth-order valence-corrected chi connectivity index (χ4v) is 7.14. The number of methoxy groups -OCH3 is 1. The lowest BCUT2D eigenvalue weighted by molar-refractivity contribution is -0.307. The number of benzene rings is 1. The van der Waals surface area contributed by atoms with Crippen molar-refractivity contribution >= 4 is 18.4 Å². The van der Waals surface area contributed by atoms with Gasteiger partial charge in [-0.25, -0.2) is 0 Å². The molecule has 0 unspecified atom stereocenters. The number of halogens is 3. The molecule has 248 valence electrons. The molecule has 1 aromatic carbocycles. The maximum atomic E-state index is 13.0. The number of aliphatic hydroxyl groups is 1. The van der Waals surface area contributed by atoms with E-state index in [0.717, 1.165) is 11.3 Å². The van der Waals surface area contributed by atoms with E-state index in [4.69, 9.17) is 23.4 Å². The standard InChI is InChI=1S/C29H47F3O9SSi/c1-26(2,3)43(7,8)41-22-16-25-28(5,40-23(22)18-38-42(34,35)29(30,31)32)19-27(4,33)24(39-25)10-9-15-37-17-20-11-13-21(36-6)14-12-20/h11-14,22-25,33H,9-10,15-19H2,1-8H3/t22-,23+,24-,25+,27+,28-/m0/s1. The lowest BCUT2D eigenvalue weighted by Crippen LogP contribution is -2.67. The van der Waals surface area contributed by atoms with Gasteiger partial charge >= 0.3 is 15.6 Å². The highest BCUT2D eigenvalue weighted by Crippen LogP contribution is 2.47. The normalized spacial score (nSPS) is 30.6. The molecular weight excluding hydrogens is 609 g/mol. The minimum Gasteiger partial charge on any atom is -0.497 e. The summed E-state index contributed by atoms with van der Waals surface area (Å²) in [6.07, 6.45) is -1.52. The van der Waals surface area contributed by atoms with Crippen LogP contribution in [0.3, 0.4) is 0 Å². The van der Waals surface area contributed by atoms with E-state index in [9.17, 15) is 26.7 Å². The molecular formula is C29H47F3O9SSi. The molecule has 0 amide bonds. The third-order valence-electron chi connectivity index (χ3n) is 8.80. The van der Waals surface area contributed by atoms with Crippen molar-refractivity contribution in [3.8, 4) is 5.75 Å². The highest BCUT2D eigenvalue weighted by Gasteiger charge is 2.58. The van der Waals surface area contributed by atoms with Crippen LogP contribution in [-0.4, -0.2) is 83.3 Å². The van der Waals surface area contributed by atoms with E-state index in [0.29, 0.717) is 26.1 Å². The van der Waals surface area contributed by atoms with Crippen LogP contribution < -0.4 is 4.74 Å². The summed E-state index contributed by atoms with van der Waals surface area (Å²) in [5.74, 6) is 0.765. The van der Waals surface area contributed by atoms with E-state index >= 15 is 0 Å². The zero-order valence-corrected chi connectivity index (χ0v) is 28.1. The quantitative estimate of drug-likeness (QED) is 0.131. The summed E-state index contributed by atoms with van der Waals surface area (Å²) in [6.45, 7) is 13.4. The highest BCUT2D eigenvalue weighted by molar-refractivity contribution is 7.87. The fourth-order valence-electron chi connectivity index (χ4n) is 5.34. The van der Waals surface area contributed by atoms with Gasteiger partial charge in [-0.05, 0) is 62.5 Å². The van der Waals surface area contributed by atoms with Crippen LogP contribution in [-0.2, 0) is 39.5 Å². The summed E-state index contributed by atoms with van der Waals surface area (Å²) in [6, 6.07) is 7.58. The molecule has 9 nitrogen and oxygen atoms in total. The van der Waals surface area contributed by atoms with Crippen molar-refractivity contribution in [3.05, 3.63) is 29.8 Å². The number of alkyl halides is 3. The Hall–Kier alpha value is -1.26. The molecule has 2 aliphatic heterocycles. The molecule has 3 rings (SSSR count). The van der Waals surface area contributed by atoms with Gasteiger partial charge < -0.3 is 28.5 Å². The van der Waals surface area contributed by atoms with Gasteiger partial charge in [0.15, 0.2) is 8.32 Å². The fraction of sp³-hybridized carbons (Fsp3) is 0.793. The Bertz CT molecular complexity index is 1170. The topological polar surface area (TPSA) is 110 Å². The van der Waals surface area contributed by atoms with Gasteiger partial charge in [0, 0.05) is 19.4 Å². The molecule has 6 atom stereocenters. The average molecular weight is 657 g/mol. The predicted octanol–water partition coefficient (Wildman–Crippen LogP) is 5.70. The van der Waals surface area contributed by atoms with Gasteiger partial charge in [0.05, 0.1) is 49.8 Å². The summed E-state index contributed by atoms with van der Waals surface area (Å²) in [7, 11) is -6.70. The van der Waals surface area contributed by atoms with Crippen LogP contribution in [0.1, 0.15) is 65.9 Å². The minimum absolute atomic E-state index is 0.122. The monoisotopic (exact) mass is 656 g/mol. The van der Waals surface area contributed by atoms with Crippen LogP contribution in [0.15, 0.2) is 24.3 Å². The Morgan fingerprint density at radius 1 is 1.12 bits per heavy atom. The third kappa shape index (κ3) is 8.93. The van der Waals surface area contributed by atoms with Gasteiger partial charge in [0.25, 0.3) is 0 Å². The summed E-state index contributed by atoms with van der Waals surface area (Å²) in [4.78, 5) is 0. The molecule has 2 aliphatic rings. The SMILES string of the molecule is COc1ccc(COCCC[C@@H]2O[C@@H]3C[C@H](O[Si](C)(C)C(C)(C)C)[C@@H](COS(=O)(=O)C(F)(F)F)O[C@@]3(C)C[C@@]2(C)O)cc1. The smallest absolute Gasteiger partial charge is 0.497 e. The Labute approximate surface area is 254 Å². The second-order valence-corrected chi connectivity index (χ2v) is 19.9. The molecule has 1 aromatic rings. The van der Waals surface area contributed by atoms with Crippen LogP contribution in [0.25, 0.3) is 0 Å². The van der Waals surface area contributed by atoms with E-state index in [-0.39, 0.29) is 17.9 Å². The first kappa shape index (κ1) is 36.2. The molecule has 43 heavy (non-hydrogen) atoms. The van der Waals surface area contributed by atoms with Crippen LogP contribution in [0.2, 0.25) is 18.1 Å². The molecule has 0 radical (unpaired) electrons. The van der Waals surface area contributed by atoms with Gasteiger partial charge in [-0.2, -0.15) is 21.6 Å². The molecule has 0 aromatic heterocycles. The summed E-state index contributed by atoms with van der Waals surface area (Å²) in [5.41, 5.74) is -7.00. The second-order valence-electron chi connectivity index (χ2n) is 13.5. The average Bonchev–Trinajstić information content (AvgIpc) is 2.86. The summed E-state index contributed by atoms with van der Waals surface area (Å²) in [5, 5.41) is 11.1. The first-order chi connectivity index (χ1) is 19.6. The number of rotatable bonds is 12. The van der Waals surface area contributed by atoms with Crippen molar-refractivity contribution < 1.29 is 54.3 Å². The van der Waals surface area contributed by atoms with E-state index in [2.05, 4.69) is 4.18 Å². The first-order valence-corrected chi connectivity index (χ1v) is 18.8. The van der Waals surface area contributed by atoms with Crippen molar-refractivity contribution in [1.29, 1.82) is 0 Å². The number of hydrogen-bond acceptors (Lipinski definition) is 9. The molecule has 0 saturated carbocycles. The summed E-state index contributed by atoms with van der Waals surface area (Å²) >= 11 is 0. The van der Waals surface area contributed by atoms with Gasteiger partial charge in [-0.15, -0.1) is 0 Å². The minimum atomic E-state index is -5.83. The van der Waals surface area contributed by atoms with Crippen LogP contribution >= 0.6 is 0 Å². The molecule has 14 heteroatoms. The van der Waals surface area contributed by atoms with Crippen LogP contribution in [0.5, 0.6) is 5.75 Å². The third-order valence-corrected chi connectivity index (χ3v) is 14.3. The zero-order chi connectivity index (χ0) is 32.5. The molecule has 2 fully saturated rings. The number of ether oxygens (including phenoxy) is 4. The van der Waals surface area contributed by atoms with Crippen molar-refractivity contribution in [2.45, 2.75) is 126 Å². The predicted molar refractivity (Wildman–Crippen MR) is 157 cm³/mol. The van der Waals surface area contributed by atoms with Crippen molar-refractivity contribution in [2.75, 3.05) is 20.3 Å². The Morgan fingerprint density at radius 2 is 1.74 bits per heavy atom. The molecule has 0 bridgehead atoms. The van der Waals surface area contributed by atoms with Crippen molar-refractivity contribution in [2.24, 2.45) is 0 Å². The van der Waals surface area contributed by atoms with Gasteiger partial charge in [0.1, 0.15) is 11.9 Å². The Kier molecular flexibility index (Phi) is 11.1. The number of fused-ring (bicyclic) bond motifs is 1. The lowest BCUT2D eigenvalue weighted by atomic mass is 9.74. The molecule has 0 aliphatic carbocycles. The Balaban J connectivity index is 1.69. The van der Waals surface area contributed by atoms with Crippen molar-refractivity contribution in [1.82, 2.24) is 0 Å². The van der Waals surface area contributed by atoms with Gasteiger partial charge in [-0.1, -0.05) is 32.9 Å². The molecule has 0 spiro atoms. The first-order valence-electron chi connectivity index (χ1n) is 14.5. The lowest BCUT2D eigenvalue weighted by Gasteiger charge is -2.56. The van der Waals surface area contributed by atoms with E-state index in [1.807, 2.05) is 58.1 Å². The maximum absolute atomic E-state index is 13.0. The van der Waals surface area contributed by atoms with E-state index in [1.54, 1.807) is 21.0 Å². The molecule has 2 saturated heterocycles. The van der Waals surface area contributed by atoms with E-state index < -0.39 is 66.2 Å². The van der Waals surface area contributed by atoms with Crippen LogP contribution in [0, 0.1) is 0 Å². The largest absolute Gasteiger partial charge is 0.523 e. The van der Waals surface area contributed by atoms with Gasteiger partial charge in [0.2, 0.25) is 0 Å². The van der Waals surface area contributed by atoms with E-state index in [1.165, 1.54) is 0 Å². The van der Waals surface area contributed by atoms with Crippen LogP contribution in [0.4, 0.5) is 13.2 Å². The Morgan fingerprint density at radius 3 is 2.30 bits per heavy atom. The maximum Gasteiger partial charge on any atom is 0.523 e. The zero-order valence-electron chi connectivity index (χ0n) is 26.3. The van der Waals surface area contributed by atoms with Gasteiger partial charge in [-0.3, -0.25) is 4.18 Å². The molecule has 2 heterocycles. The second kappa shape index (κ2) is 13.2. The number of hydrogen-bond donors (Lipinski definition) is 1. The molecule has 1 N–H and O–H groups in total. The highest BCUT2D eigenvalue weighted by atomic mass is 32.2. The summed E-state index contributed by atoms with van der Waals surface area (Å²) < 4.78 is 97.1. The van der Waals surface area contributed by atoms with Crippen molar-refractivity contribution in [3.63, 3.8) is 0 Å².